The van der Waals surface area contributed by atoms with E-state index in [9.17, 15) is 22.0 Å². The highest BCUT2D eigenvalue weighted by molar-refractivity contribution is 7.92. The van der Waals surface area contributed by atoms with Crippen molar-refractivity contribution in [3.05, 3.63) is 95.2 Å². The van der Waals surface area contributed by atoms with E-state index in [-0.39, 0.29) is 17.9 Å². The van der Waals surface area contributed by atoms with Gasteiger partial charge in [-0.2, -0.15) is 0 Å². The van der Waals surface area contributed by atoms with Crippen LogP contribution in [0.15, 0.2) is 71.6 Å². The van der Waals surface area contributed by atoms with Crippen LogP contribution in [0, 0.1) is 18.6 Å². The fraction of sp³-hybridized carbons (Fsp3) is 0.192. The van der Waals surface area contributed by atoms with E-state index in [0.717, 1.165) is 4.31 Å². The minimum absolute atomic E-state index is 0.0578. The minimum atomic E-state index is -3.99. The Hall–Kier alpha value is -3.72. The van der Waals surface area contributed by atoms with Gasteiger partial charge in [-0.15, -0.1) is 0 Å². The largest absolute Gasteiger partial charge is 0.468 e. The lowest BCUT2D eigenvalue weighted by molar-refractivity contribution is -0.141. The van der Waals surface area contributed by atoms with Crippen LogP contribution >= 0.6 is 0 Å². The molecular formula is C26H24F2N2O4S. The van der Waals surface area contributed by atoms with Crippen LogP contribution in [0.4, 0.5) is 14.5 Å². The summed E-state index contributed by atoms with van der Waals surface area (Å²) in [5, 5.41) is 0.588. The number of anilines is 1. The second kappa shape index (κ2) is 9.50. The van der Waals surface area contributed by atoms with E-state index in [0.29, 0.717) is 33.4 Å². The van der Waals surface area contributed by atoms with Crippen LogP contribution in [0.1, 0.15) is 16.8 Å². The van der Waals surface area contributed by atoms with Crippen molar-refractivity contribution in [1.29, 1.82) is 0 Å². The Morgan fingerprint density at radius 2 is 1.66 bits per heavy atom. The smallest absolute Gasteiger partial charge is 0.325 e. The van der Waals surface area contributed by atoms with Crippen molar-refractivity contribution in [1.82, 2.24) is 4.57 Å². The molecule has 3 aromatic carbocycles. The molecule has 4 rings (SSSR count). The number of carbonyl (C=O) groups is 1. The first-order valence-electron chi connectivity index (χ1n) is 10.8. The molecule has 9 heteroatoms. The Kier molecular flexibility index (Phi) is 6.62. The van der Waals surface area contributed by atoms with Crippen molar-refractivity contribution in [3.63, 3.8) is 0 Å². The van der Waals surface area contributed by atoms with Crippen LogP contribution in [0.3, 0.4) is 0 Å². The Balaban J connectivity index is 1.81. The van der Waals surface area contributed by atoms with Crippen molar-refractivity contribution >= 4 is 32.6 Å². The number of rotatable bonds is 7. The van der Waals surface area contributed by atoms with Crippen LogP contribution < -0.4 is 4.31 Å². The Morgan fingerprint density at radius 1 is 1.00 bits per heavy atom. The number of sulfonamides is 1. The van der Waals surface area contributed by atoms with E-state index in [2.05, 4.69) is 0 Å². The molecule has 0 amide bonds. The SMILES string of the molecule is COC(=O)Cn1c(C)c(Cc2ccccc2S(=O)(=O)N(C)c2ccc(F)cc2)c2cc(F)ccc21. The predicted octanol–water partition coefficient (Wildman–Crippen LogP) is 4.82. The van der Waals surface area contributed by atoms with Crippen molar-refractivity contribution in [3.8, 4) is 0 Å². The molecule has 0 aliphatic heterocycles. The van der Waals surface area contributed by atoms with Gasteiger partial charge in [0.25, 0.3) is 10.0 Å². The molecule has 0 radical (unpaired) electrons. The number of methoxy groups -OCH3 is 1. The van der Waals surface area contributed by atoms with Gasteiger partial charge in [-0.05, 0) is 66.6 Å². The van der Waals surface area contributed by atoms with Crippen LogP contribution in [0.25, 0.3) is 10.9 Å². The third-order valence-electron chi connectivity index (χ3n) is 6.10. The molecule has 4 aromatic rings. The first-order chi connectivity index (χ1) is 16.6. The van der Waals surface area contributed by atoms with Crippen molar-refractivity contribution in [2.24, 2.45) is 0 Å². The number of halogens is 2. The lowest BCUT2D eigenvalue weighted by Crippen LogP contribution is -2.27. The average molecular weight is 499 g/mol. The lowest BCUT2D eigenvalue weighted by atomic mass is 10.0. The highest BCUT2D eigenvalue weighted by Gasteiger charge is 2.26. The van der Waals surface area contributed by atoms with Crippen molar-refractivity contribution < 1.29 is 26.7 Å². The maximum atomic E-state index is 14.2. The number of aromatic nitrogens is 1. The van der Waals surface area contributed by atoms with E-state index in [1.165, 1.54) is 56.6 Å². The number of benzene rings is 3. The zero-order valence-electron chi connectivity index (χ0n) is 19.5. The number of ether oxygens (including phenoxy) is 1. The zero-order valence-corrected chi connectivity index (χ0v) is 20.3. The quantitative estimate of drug-likeness (QED) is 0.343. The molecule has 0 aliphatic carbocycles. The molecule has 0 bridgehead atoms. The van der Waals surface area contributed by atoms with Crippen molar-refractivity contribution in [2.45, 2.75) is 24.8 Å². The number of hydrogen-bond donors (Lipinski definition) is 0. The fourth-order valence-electron chi connectivity index (χ4n) is 4.17. The zero-order chi connectivity index (χ0) is 25.3. The molecule has 0 N–H and O–H groups in total. The molecular weight excluding hydrogens is 474 g/mol. The van der Waals surface area contributed by atoms with E-state index < -0.39 is 27.6 Å². The lowest BCUT2D eigenvalue weighted by Gasteiger charge is -2.21. The van der Waals surface area contributed by atoms with Gasteiger partial charge in [-0.1, -0.05) is 18.2 Å². The maximum Gasteiger partial charge on any atom is 0.325 e. The highest BCUT2D eigenvalue weighted by atomic mass is 32.2. The van der Waals surface area contributed by atoms with Gasteiger partial charge in [-0.3, -0.25) is 9.10 Å². The topological polar surface area (TPSA) is 68.6 Å². The van der Waals surface area contributed by atoms with Crippen LogP contribution in [0.5, 0.6) is 0 Å². The molecule has 0 aliphatic rings. The van der Waals surface area contributed by atoms with E-state index >= 15 is 0 Å². The normalized spacial score (nSPS) is 11.6. The summed E-state index contributed by atoms with van der Waals surface area (Å²) >= 11 is 0. The molecule has 0 unspecified atom stereocenters. The van der Waals surface area contributed by atoms with E-state index in [4.69, 9.17) is 4.74 Å². The molecule has 35 heavy (non-hydrogen) atoms. The number of esters is 1. The van der Waals surface area contributed by atoms with Crippen LogP contribution in [-0.4, -0.2) is 33.1 Å². The van der Waals surface area contributed by atoms with Crippen LogP contribution in [0.2, 0.25) is 0 Å². The molecule has 1 heterocycles. The molecule has 6 nitrogen and oxygen atoms in total. The van der Waals surface area contributed by atoms with Gasteiger partial charge >= 0.3 is 5.97 Å². The predicted molar refractivity (Wildman–Crippen MR) is 130 cm³/mol. The molecule has 0 spiro atoms. The van der Waals surface area contributed by atoms with Crippen LogP contribution in [-0.2, 0) is 32.5 Å². The Labute approximate surface area is 202 Å². The molecule has 0 atom stereocenters. The Bertz CT molecular complexity index is 1510. The summed E-state index contributed by atoms with van der Waals surface area (Å²) in [4.78, 5) is 12.1. The van der Waals surface area contributed by atoms with Gasteiger partial charge in [-0.25, -0.2) is 17.2 Å². The van der Waals surface area contributed by atoms with Gasteiger partial charge < -0.3 is 9.30 Å². The summed E-state index contributed by atoms with van der Waals surface area (Å²) in [6.45, 7) is 1.75. The second-order valence-electron chi connectivity index (χ2n) is 8.12. The summed E-state index contributed by atoms with van der Waals surface area (Å²) in [6, 6.07) is 16.0. The summed E-state index contributed by atoms with van der Waals surface area (Å²) in [7, 11) is -1.29. The fourth-order valence-corrected chi connectivity index (χ4v) is 5.59. The number of carbonyl (C=O) groups excluding carboxylic acids is 1. The monoisotopic (exact) mass is 498 g/mol. The summed E-state index contributed by atoms with van der Waals surface area (Å²) < 4.78 is 62.2. The average Bonchev–Trinajstić information content (AvgIpc) is 3.09. The van der Waals surface area contributed by atoms with E-state index in [1.807, 2.05) is 0 Å². The van der Waals surface area contributed by atoms with Gasteiger partial charge in [0.1, 0.15) is 18.2 Å². The molecule has 0 saturated carbocycles. The van der Waals surface area contributed by atoms with Gasteiger partial charge in [0.15, 0.2) is 0 Å². The third-order valence-corrected chi connectivity index (χ3v) is 7.99. The molecule has 182 valence electrons. The minimum Gasteiger partial charge on any atom is -0.468 e. The van der Waals surface area contributed by atoms with Gasteiger partial charge in [0, 0.05) is 30.1 Å². The summed E-state index contributed by atoms with van der Waals surface area (Å²) in [6.07, 6.45) is 0.187. The Morgan fingerprint density at radius 3 is 2.34 bits per heavy atom. The first kappa shape index (κ1) is 24.4. The summed E-state index contributed by atoms with van der Waals surface area (Å²) in [5.74, 6) is -1.36. The highest BCUT2D eigenvalue weighted by Crippen LogP contribution is 2.32. The first-order valence-corrected chi connectivity index (χ1v) is 12.2. The molecule has 0 fully saturated rings. The number of fused-ring (bicyclic) bond motifs is 1. The standard InChI is InChI=1S/C26H24F2N2O4S/c1-17-22(23-15-20(28)10-13-24(23)30(17)16-26(31)34-3)14-18-6-4-5-7-25(18)35(32,33)29(2)21-11-8-19(27)9-12-21/h4-13,15H,14,16H2,1-3H3. The van der Waals surface area contributed by atoms with Gasteiger partial charge in [0.2, 0.25) is 0 Å². The van der Waals surface area contributed by atoms with E-state index in [1.54, 1.807) is 35.8 Å². The molecule has 1 aromatic heterocycles. The number of nitrogens with zero attached hydrogens (tertiary/aromatic N) is 2. The molecule has 0 saturated heterocycles. The summed E-state index contributed by atoms with van der Waals surface area (Å²) in [5.41, 5.74) is 2.87. The maximum absolute atomic E-state index is 14.2. The third kappa shape index (κ3) is 4.64. The number of hydrogen-bond acceptors (Lipinski definition) is 4. The second-order valence-corrected chi connectivity index (χ2v) is 10.1. The van der Waals surface area contributed by atoms with Gasteiger partial charge in [0.05, 0.1) is 17.7 Å². The van der Waals surface area contributed by atoms with Crippen molar-refractivity contribution in [2.75, 3.05) is 18.5 Å².